The first kappa shape index (κ1) is 9.73. The lowest BCUT2D eigenvalue weighted by molar-refractivity contribution is 0.0697. The molecule has 0 aliphatic heterocycles. The second-order valence-corrected chi connectivity index (χ2v) is 3.86. The van der Waals surface area contributed by atoms with Crippen molar-refractivity contribution >= 4 is 22.5 Å². The number of nitrogens with two attached hydrogens (primary N) is 1. The summed E-state index contributed by atoms with van der Waals surface area (Å²) in [6, 6.07) is 4.16. The maximum atomic E-state index is 11.0. The van der Waals surface area contributed by atoms with E-state index in [1.807, 2.05) is 0 Å². The van der Waals surface area contributed by atoms with Crippen molar-refractivity contribution in [1.82, 2.24) is 0 Å². The maximum Gasteiger partial charge on any atom is 0.335 e. The molecule has 0 saturated heterocycles. The Hall–Kier alpha value is -1.36. The van der Waals surface area contributed by atoms with Crippen LogP contribution in [0.2, 0.25) is 0 Å². The van der Waals surface area contributed by atoms with Crippen LogP contribution in [0.25, 0.3) is 0 Å². The van der Waals surface area contributed by atoms with Gasteiger partial charge in [0.05, 0.1) is 21.3 Å². The third kappa shape index (κ3) is 2.06. The molecule has 1 rings (SSSR count). The standard InChI is InChI=1S/C8H9NO3S/c1-13(12)7-3-2-5(8(10)11)4-6(7)9/h2-4H,9H2,1H3,(H,10,11). The van der Waals surface area contributed by atoms with E-state index in [1.165, 1.54) is 24.5 Å². The van der Waals surface area contributed by atoms with Crippen LogP contribution in [0.3, 0.4) is 0 Å². The van der Waals surface area contributed by atoms with Gasteiger partial charge in [-0.15, -0.1) is 0 Å². The van der Waals surface area contributed by atoms with E-state index < -0.39 is 16.8 Å². The fourth-order valence-corrected chi connectivity index (χ4v) is 1.59. The van der Waals surface area contributed by atoms with E-state index in [0.717, 1.165) is 0 Å². The highest BCUT2D eigenvalue weighted by Gasteiger charge is 2.07. The van der Waals surface area contributed by atoms with Gasteiger partial charge in [-0.2, -0.15) is 0 Å². The van der Waals surface area contributed by atoms with E-state index in [0.29, 0.717) is 4.90 Å². The van der Waals surface area contributed by atoms with Crippen molar-refractivity contribution in [3.63, 3.8) is 0 Å². The Balaban J connectivity index is 3.20. The zero-order valence-electron chi connectivity index (χ0n) is 6.98. The van der Waals surface area contributed by atoms with Gasteiger partial charge in [0.15, 0.2) is 0 Å². The van der Waals surface area contributed by atoms with Crippen molar-refractivity contribution in [3.8, 4) is 0 Å². The number of rotatable bonds is 2. The molecule has 13 heavy (non-hydrogen) atoms. The van der Waals surface area contributed by atoms with Gasteiger partial charge in [0.2, 0.25) is 0 Å². The lowest BCUT2D eigenvalue weighted by Crippen LogP contribution is -2.01. The lowest BCUT2D eigenvalue weighted by atomic mass is 10.2. The minimum atomic E-state index is -1.18. The summed E-state index contributed by atoms with van der Waals surface area (Å²) in [5.41, 5.74) is 5.86. The predicted octanol–water partition coefficient (Wildman–Crippen LogP) is 0.704. The van der Waals surface area contributed by atoms with Crippen LogP contribution < -0.4 is 5.73 Å². The highest BCUT2D eigenvalue weighted by Crippen LogP contribution is 2.17. The normalized spacial score (nSPS) is 12.4. The largest absolute Gasteiger partial charge is 0.478 e. The molecule has 4 nitrogen and oxygen atoms in total. The van der Waals surface area contributed by atoms with Crippen LogP contribution in [0.4, 0.5) is 5.69 Å². The molecule has 0 fully saturated rings. The first-order valence-corrected chi connectivity index (χ1v) is 5.04. The van der Waals surface area contributed by atoms with Crippen molar-refractivity contribution in [2.45, 2.75) is 4.90 Å². The molecule has 0 aromatic heterocycles. The molecule has 0 aliphatic carbocycles. The van der Waals surface area contributed by atoms with Crippen LogP contribution in [-0.4, -0.2) is 21.5 Å². The summed E-state index contributed by atoms with van der Waals surface area (Å²) in [5.74, 6) is -1.04. The molecule has 70 valence electrons. The molecular formula is C8H9NO3S. The number of carboxylic acid groups (broad SMARTS) is 1. The number of carbonyl (C=O) groups is 1. The van der Waals surface area contributed by atoms with Gasteiger partial charge in [-0.1, -0.05) is 0 Å². The van der Waals surface area contributed by atoms with Crippen molar-refractivity contribution < 1.29 is 14.1 Å². The molecule has 1 aromatic rings. The maximum absolute atomic E-state index is 11.0. The number of anilines is 1. The Labute approximate surface area is 77.8 Å². The van der Waals surface area contributed by atoms with Gasteiger partial charge in [0.25, 0.3) is 0 Å². The van der Waals surface area contributed by atoms with E-state index in [4.69, 9.17) is 10.8 Å². The molecule has 3 N–H and O–H groups in total. The Morgan fingerprint density at radius 3 is 2.54 bits per heavy atom. The summed E-state index contributed by atoms with van der Waals surface area (Å²) in [5, 5.41) is 8.61. The Kier molecular flexibility index (Phi) is 2.67. The number of aromatic carboxylic acids is 1. The van der Waals surface area contributed by atoms with E-state index in [9.17, 15) is 9.00 Å². The SMILES string of the molecule is CS(=O)c1ccc(C(=O)O)cc1N. The summed E-state index contributed by atoms with van der Waals surface area (Å²) < 4.78 is 11.0. The van der Waals surface area contributed by atoms with Crippen LogP contribution in [0, 0.1) is 0 Å². The predicted molar refractivity (Wildman–Crippen MR) is 50.1 cm³/mol. The van der Waals surface area contributed by atoms with Gasteiger partial charge < -0.3 is 10.8 Å². The summed E-state index contributed by atoms with van der Waals surface area (Å²) in [7, 11) is -1.18. The third-order valence-corrected chi connectivity index (χ3v) is 2.56. The number of hydrogen-bond acceptors (Lipinski definition) is 3. The van der Waals surface area contributed by atoms with E-state index in [-0.39, 0.29) is 11.3 Å². The first-order chi connectivity index (χ1) is 6.02. The monoisotopic (exact) mass is 199 g/mol. The topological polar surface area (TPSA) is 80.4 Å². The first-order valence-electron chi connectivity index (χ1n) is 3.48. The number of nitrogen functional groups attached to an aromatic ring is 1. The van der Waals surface area contributed by atoms with Gasteiger partial charge in [-0.05, 0) is 18.2 Å². The molecule has 0 bridgehead atoms. The fraction of sp³-hybridized carbons (Fsp3) is 0.125. The smallest absolute Gasteiger partial charge is 0.335 e. The van der Waals surface area contributed by atoms with Crippen molar-refractivity contribution in [2.24, 2.45) is 0 Å². The fourth-order valence-electron chi connectivity index (χ4n) is 0.943. The second-order valence-electron chi connectivity index (χ2n) is 2.51. The highest BCUT2D eigenvalue weighted by molar-refractivity contribution is 7.84. The molecule has 0 spiro atoms. The van der Waals surface area contributed by atoms with Crippen LogP contribution >= 0.6 is 0 Å². The molecule has 0 saturated carbocycles. The third-order valence-electron chi connectivity index (χ3n) is 1.57. The van der Waals surface area contributed by atoms with Crippen molar-refractivity contribution in [1.29, 1.82) is 0 Å². The van der Waals surface area contributed by atoms with Crippen LogP contribution in [0.15, 0.2) is 23.1 Å². The molecule has 1 atom stereocenters. The van der Waals surface area contributed by atoms with Crippen LogP contribution in [0.5, 0.6) is 0 Å². The quantitative estimate of drug-likeness (QED) is 0.687. The summed E-state index contributed by atoms with van der Waals surface area (Å²) >= 11 is 0. The van der Waals surface area contributed by atoms with E-state index in [2.05, 4.69) is 0 Å². The number of carboxylic acids is 1. The minimum absolute atomic E-state index is 0.103. The summed E-state index contributed by atoms with van der Waals surface area (Å²) in [6.07, 6.45) is 1.49. The molecule has 0 heterocycles. The highest BCUT2D eigenvalue weighted by atomic mass is 32.2. The Morgan fingerprint density at radius 2 is 2.15 bits per heavy atom. The van der Waals surface area contributed by atoms with E-state index >= 15 is 0 Å². The molecule has 0 aliphatic rings. The van der Waals surface area contributed by atoms with Gasteiger partial charge >= 0.3 is 5.97 Å². The zero-order valence-corrected chi connectivity index (χ0v) is 7.80. The number of hydrogen-bond donors (Lipinski definition) is 2. The Morgan fingerprint density at radius 1 is 1.54 bits per heavy atom. The Bertz CT molecular complexity index is 376. The number of benzene rings is 1. The van der Waals surface area contributed by atoms with Gasteiger partial charge in [-0.3, -0.25) is 4.21 Å². The molecule has 5 heteroatoms. The van der Waals surface area contributed by atoms with Crippen molar-refractivity contribution in [3.05, 3.63) is 23.8 Å². The average molecular weight is 199 g/mol. The zero-order chi connectivity index (χ0) is 10.0. The summed E-state index contributed by atoms with van der Waals surface area (Å²) in [6.45, 7) is 0. The lowest BCUT2D eigenvalue weighted by Gasteiger charge is -2.02. The summed E-state index contributed by atoms with van der Waals surface area (Å²) in [4.78, 5) is 11.0. The molecule has 0 radical (unpaired) electrons. The minimum Gasteiger partial charge on any atom is -0.478 e. The molecular weight excluding hydrogens is 190 g/mol. The van der Waals surface area contributed by atoms with E-state index in [1.54, 1.807) is 0 Å². The van der Waals surface area contributed by atoms with Gasteiger partial charge in [0, 0.05) is 11.9 Å². The van der Waals surface area contributed by atoms with Crippen LogP contribution in [0.1, 0.15) is 10.4 Å². The van der Waals surface area contributed by atoms with Crippen LogP contribution in [-0.2, 0) is 10.8 Å². The van der Waals surface area contributed by atoms with Gasteiger partial charge in [-0.25, -0.2) is 4.79 Å². The molecule has 0 amide bonds. The molecule has 1 aromatic carbocycles. The van der Waals surface area contributed by atoms with Crippen molar-refractivity contribution in [2.75, 3.05) is 12.0 Å². The average Bonchev–Trinajstić information content (AvgIpc) is 2.03. The molecule has 1 unspecified atom stereocenters. The van der Waals surface area contributed by atoms with Gasteiger partial charge in [0.1, 0.15) is 0 Å². The second kappa shape index (κ2) is 3.57.